The van der Waals surface area contributed by atoms with Gasteiger partial charge in [0, 0.05) is 26.2 Å². The molecule has 0 aliphatic heterocycles. The maximum Gasteiger partial charge on any atom is 0.160 e. The SMILES string of the molecule is Cc1cnc2c(c1)nc(CCl)n2CCc1nncn1C. The second-order valence-corrected chi connectivity index (χ2v) is 5.04. The summed E-state index contributed by atoms with van der Waals surface area (Å²) in [4.78, 5) is 9.01. The molecule has 0 unspecified atom stereocenters. The van der Waals surface area contributed by atoms with E-state index in [4.69, 9.17) is 11.6 Å². The summed E-state index contributed by atoms with van der Waals surface area (Å²) in [7, 11) is 1.94. The van der Waals surface area contributed by atoms with Crippen LogP contribution in [0.2, 0.25) is 0 Å². The van der Waals surface area contributed by atoms with Crippen molar-refractivity contribution in [3.05, 3.63) is 35.8 Å². The van der Waals surface area contributed by atoms with Gasteiger partial charge in [-0.25, -0.2) is 9.97 Å². The van der Waals surface area contributed by atoms with Gasteiger partial charge in [-0.1, -0.05) is 0 Å². The van der Waals surface area contributed by atoms with Crippen LogP contribution in [0.1, 0.15) is 17.2 Å². The van der Waals surface area contributed by atoms with Crippen molar-refractivity contribution in [3.8, 4) is 0 Å². The van der Waals surface area contributed by atoms with Crippen molar-refractivity contribution in [1.29, 1.82) is 0 Å². The van der Waals surface area contributed by atoms with Crippen LogP contribution in [0, 0.1) is 6.92 Å². The molecule has 0 amide bonds. The first kappa shape index (κ1) is 13.1. The number of rotatable bonds is 4. The van der Waals surface area contributed by atoms with Crippen LogP contribution in [0.4, 0.5) is 0 Å². The lowest BCUT2D eigenvalue weighted by Gasteiger charge is -2.06. The minimum Gasteiger partial charge on any atom is -0.321 e. The number of alkyl halides is 1. The molecule has 3 heterocycles. The molecule has 0 fully saturated rings. The normalized spacial score (nSPS) is 11.3. The number of halogens is 1. The molecule has 0 spiro atoms. The molecule has 104 valence electrons. The molecule has 0 saturated carbocycles. The van der Waals surface area contributed by atoms with Gasteiger partial charge in [0.25, 0.3) is 0 Å². The molecule has 0 aromatic carbocycles. The van der Waals surface area contributed by atoms with Gasteiger partial charge in [0.05, 0.1) is 5.88 Å². The van der Waals surface area contributed by atoms with Crippen LogP contribution >= 0.6 is 11.6 Å². The second-order valence-electron chi connectivity index (χ2n) is 4.78. The van der Waals surface area contributed by atoms with Crippen molar-refractivity contribution in [1.82, 2.24) is 29.3 Å². The molecule has 3 aromatic rings. The Balaban J connectivity index is 1.95. The van der Waals surface area contributed by atoms with Crippen LogP contribution in [0.25, 0.3) is 11.2 Å². The number of fused-ring (bicyclic) bond motifs is 1. The van der Waals surface area contributed by atoms with E-state index in [1.54, 1.807) is 6.33 Å². The average molecular weight is 291 g/mol. The lowest BCUT2D eigenvalue weighted by molar-refractivity contribution is 0.641. The van der Waals surface area contributed by atoms with E-state index in [9.17, 15) is 0 Å². The van der Waals surface area contributed by atoms with Gasteiger partial charge < -0.3 is 9.13 Å². The number of imidazole rings is 1. The van der Waals surface area contributed by atoms with E-state index in [0.29, 0.717) is 5.88 Å². The summed E-state index contributed by atoms with van der Waals surface area (Å²) in [5, 5.41) is 7.98. The van der Waals surface area contributed by atoms with Crippen molar-refractivity contribution >= 4 is 22.8 Å². The molecule has 0 radical (unpaired) electrons. The number of aromatic nitrogens is 6. The maximum absolute atomic E-state index is 5.99. The topological polar surface area (TPSA) is 61.4 Å². The zero-order chi connectivity index (χ0) is 14.1. The first-order valence-electron chi connectivity index (χ1n) is 6.39. The Labute approximate surface area is 121 Å². The van der Waals surface area contributed by atoms with E-state index in [-0.39, 0.29) is 0 Å². The molecule has 0 aliphatic carbocycles. The Bertz CT molecular complexity index is 744. The highest BCUT2D eigenvalue weighted by molar-refractivity contribution is 6.16. The number of hydrogen-bond donors (Lipinski definition) is 0. The van der Waals surface area contributed by atoms with Crippen LogP contribution in [0.5, 0.6) is 0 Å². The third-order valence-electron chi connectivity index (χ3n) is 3.28. The summed E-state index contributed by atoms with van der Waals surface area (Å²) in [6.45, 7) is 2.74. The van der Waals surface area contributed by atoms with Gasteiger partial charge in [-0.3, -0.25) is 0 Å². The molecular weight excluding hydrogens is 276 g/mol. The van der Waals surface area contributed by atoms with Crippen LogP contribution in [-0.2, 0) is 25.9 Å². The summed E-state index contributed by atoms with van der Waals surface area (Å²) in [6, 6.07) is 2.03. The molecule has 7 heteroatoms. The van der Waals surface area contributed by atoms with Gasteiger partial charge in [-0.05, 0) is 18.6 Å². The molecule has 0 bridgehead atoms. The Morgan fingerprint density at radius 1 is 1.30 bits per heavy atom. The second kappa shape index (κ2) is 5.20. The Hall–Kier alpha value is -1.95. The zero-order valence-corrected chi connectivity index (χ0v) is 12.2. The van der Waals surface area contributed by atoms with Gasteiger partial charge in [0.2, 0.25) is 0 Å². The van der Waals surface area contributed by atoms with Crippen molar-refractivity contribution in [2.75, 3.05) is 0 Å². The number of nitrogens with zero attached hydrogens (tertiary/aromatic N) is 6. The highest BCUT2D eigenvalue weighted by Gasteiger charge is 2.12. The van der Waals surface area contributed by atoms with Crippen LogP contribution in [-0.4, -0.2) is 29.3 Å². The average Bonchev–Trinajstić information content (AvgIpc) is 2.99. The Morgan fingerprint density at radius 2 is 2.15 bits per heavy atom. The quantitative estimate of drug-likeness (QED) is 0.688. The third kappa shape index (κ3) is 2.27. The molecule has 0 aliphatic rings. The summed E-state index contributed by atoms with van der Waals surface area (Å²) < 4.78 is 3.97. The summed E-state index contributed by atoms with van der Waals surface area (Å²) in [5.74, 6) is 2.13. The predicted molar refractivity (Wildman–Crippen MR) is 76.5 cm³/mol. The van der Waals surface area contributed by atoms with Crippen LogP contribution < -0.4 is 0 Å². The monoisotopic (exact) mass is 290 g/mol. The van der Waals surface area contributed by atoms with Gasteiger partial charge >= 0.3 is 0 Å². The van der Waals surface area contributed by atoms with Gasteiger partial charge in [0.1, 0.15) is 23.5 Å². The molecule has 0 atom stereocenters. The fourth-order valence-corrected chi connectivity index (χ4v) is 2.44. The fourth-order valence-electron chi connectivity index (χ4n) is 2.24. The lowest BCUT2D eigenvalue weighted by atomic mass is 10.3. The van der Waals surface area contributed by atoms with Gasteiger partial charge in [0.15, 0.2) is 5.65 Å². The standard InChI is InChI=1S/C13H15ClN6/c1-9-5-10-13(15-7-9)20(12(6-14)17-10)4-3-11-18-16-8-19(11)2/h5,7-8H,3-4,6H2,1-2H3. The molecule has 20 heavy (non-hydrogen) atoms. The highest BCUT2D eigenvalue weighted by Crippen LogP contribution is 2.17. The van der Waals surface area contributed by atoms with E-state index < -0.39 is 0 Å². The maximum atomic E-state index is 5.99. The molecule has 0 N–H and O–H groups in total. The molecule has 0 saturated heterocycles. The first-order valence-corrected chi connectivity index (χ1v) is 6.93. The number of pyridine rings is 1. The van der Waals surface area contributed by atoms with Crippen molar-refractivity contribution < 1.29 is 0 Å². The predicted octanol–water partition coefficient (Wildman–Crippen LogP) is 1.85. The highest BCUT2D eigenvalue weighted by atomic mass is 35.5. The van der Waals surface area contributed by atoms with Crippen LogP contribution in [0.15, 0.2) is 18.6 Å². The number of hydrogen-bond acceptors (Lipinski definition) is 4. The van der Waals surface area contributed by atoms with Crippen molar-refractivity contribution in [2.24, 2.45) is 7.05 Å². The molecule has 3 aromatic heterocycles. The van der Waals surface area contributed by atoms with Crippen molar-refractivity contribution in [2.45, 2.75) is 25.8 Å². The molecule has 3 rings (SSSR count). The Morgan fingerprint density at radius 3 is 2.85 bits per heavy atom. The van der Waals surface area contributed by atoms with E-state index in [1.807, 2.05) is 30.8 Å². The largest absolute Gasteiger partial charge is 0.321 e. The zero-order valence-electron chi connectivity index (χ0n) is 11.4. The molecule has 6 nitrogen and oxygen atoms in total. The minimum absolute atomic E-state index is 0.369. The summed E-state index contributed by atoms with van der Waals surface area (Å²) >= 11 is 5.99. The smallest absolute Gasteiger partial charge is 0.160 e. The van der Waals surface area contributed by atoms with Gasteiger partial charge in [-0.15, -0.1) is 21.8 Å². The number of aryl methyl sites for hydroxylation is 4. The summed E-state index contributed by atoms with van der Waals surface area (Å²) in [6.07, 6.45) is 4.31. The molecular formula is C13H15ClN6. The first-order chi connectivity index (χ1) is 9.69. The minimum atomic E-state index is 0.369. The fraction of sp³-hybridized carbons (Fsp3) is 0.385. The van der Waals surface area contributed by atoms with E-state index in [1.165, 1.54) is 0 Å². The lowest BCUT2D eigenvalue weighted by Crippen LogP contribution is -2.08. The summed E-state index contributed by atoms with van der Waals surface area (Å²) in [5.41, 5.74) is 2.85. The van der Waals surface area contributed by atoms with E-state index in [0.717, 1.165) is 41.3 Å². The third-order valence-corrected chi connectivity index (χ3v) is 3.52. The Kier molecular flexibility index (Phi) is 3.40. The van der Waals surface area contributed by atoms with Gasteiger partial charge in [-0.2, -0.15) is 0 Å². The van der Waals surface area contributed by atoms with E-state index >= 15 is 0 Å². The van der Waals surface area contributed by atoms with E-state index in [2.05, 4.69) is 24.7 Å². The van der Waals surface area contributed by atoms with Crippen LogP contribution in [0.3, 0.4) is 0 Å². The van der Waals surface area contributed by atoms with Crippen molar-refractivity contribution in [3.63, 3.8) is 0 Å².